The van der Waals surface area contributed by atoms with Gasteiger partial charge in [0.1, 0.15) is 12.4 Å². The summed E-state index contributed by atoms with van der Waals surface area (Å²) in [7, 11) is 3.61. The van der Waals surface area contributed by atoms with Crippen LogP contribution in [-0.4, -0.2) is 32.4 Å². The van der Waals surface area contributed by atoms with Gasteiger partial charge in [-0.25, -0.2) is 0 Å². The summed E-state index contributed by atoms with van der Waals surface area (Å²) in [6.45, 7) is 6.57. The number of methoxy groups -OCH3 is 1. The largest absolute Gasteiger partial charge is 0.492 e. The molecule has 0 bridgehead atoms. The van der Waals surface area contributed by atoms with E-state index in [1.165, 1.54) is 0 Å². The van der Waals surface area contributed by atoms with E-state index in [0.29, 0.717) is 6.61 Å². The molecular weight excluding hydrogens is 250 g/mol. The quantitative estimate of drug-likeness (QED) is 0.863. The number of likely N-dealkylation sites (N-methyl/N-ethyl adjacent to an activating group) is 1. The van der Waals surface area contributed by atoms with Gasteiger partial charge in [0.05, 0.1) is 11.6 Å². The highest BCUT2D eigenvalue weighted by atomic mass is 35.5. The van der Waals surface area contributed by atoms with Crippen LogP contribution in [0.5, 0.6) is 5.75 Å². The first-order valence-electron chi connectivity index (χ1n) is 6.02. The molecule has 1 rings (SSSR count). The van der Waals surface area contributed by atoms with E-state index in [1.54, 1.807) is 7.11 Å². The number of halogens is 1. The average Bonchev–Trinajstić information content (AvgIpc) is 2.34. The molecule has 0 aliphatic carbocycles. The maximum atomic E-state index is 5.98. The minimum atomic E-state index is -0.282. The molecule has 3 nitrogen and oxygen atoms in total. The lowest BCUT2D eigenvalue weighted by atomic mass is 9.99. The Balaban J connectivity index is 2.65. The SMILES string of the molecule is CNC(COc1ccc(Cl)c(C)c1)C(C)(C)OC. The number of nitrogens with one attached hydrogen (secondary N) is 1. The van der Waals surface area contributed by atoms with Crippen molar-refractivity contribution in [3.63, 3.8) is 0 Å². The number of rotatable bonds is 6. The molecule has 0 aromatic heterocycles. The van der Waals surface area contributed by atoms with Gasteiger partial charge in [-0.15, -0.1) is 0 Å². The van der Waals surface area contributed by atoms with Crippen molar-refractivity contribution in [3.8, 4) is 5.75 Å². The first kappa shape index (κ1) is 15.3. The van der Waals surface area contributed by atoms with Gasteiger partial charge in [-0.3, -0.25) is 0 Å². The zero-order chi connectivity index (χ0) is 13.8. The molecule has 0 heterocycles. The molecule has 1 aromatic carbocycles. The lowest BCUT2D eigenvalue weighted by Gasteiger charge is -2.32. The van der Waals surface area contributed by atoms with Gasteiger partial charge in [0.2, 0.25) is 0 Å². The van der Waals surface area contributed by atoms with E-state index in [1.807, 2.05) is 46.0 Å². The van der Waals surface area contributed by atoms with Gasteiger partial charge in [0.25, 0.3) is 0 Å². The summed E-state index contributed by atoms with van der Waals surface area (Å²) < 4.78 is 11.2. The monoisotopic (exact) mass is 271 g/mol. The van der Waals surface area contributed by atoms with E-state index >= 15 is 0 Å². The summed E-state index contributed by atoms with van der Waals surface area (Å²) in [6.07, 6.45) is 0. The van der Waals surface area contributed by atoms with E-state index in [-0.39, 0.29) is 11.6 Å². The fraction of sp³-hybridized carbons (Fsp3) is 0.571. The maximum Gasteiger partial charge on any atom is 0.119 e. The lowest BCUT2D eigenvalue weighted by molar-refractivity contribution is -0.0204. The summed E-state index contributed by atoms with van der Waals surface area (Å²) in [5.41, 5.74) is 0.733. The number of benzene rings is 1. The Morgan fingerprint density at radius 2 is 2.06 bits per heavy atom. The summed E-state index contributed by atoms with van der Waals surface area (Å²) in [5, 5.41) is 3.97. The molecular formula is C14H22ClNO2. The van der Waals surface area contributed by atoms with Crippen molar-refractivity contribution < 1.29 is 9.47 Å². The molecule has 1 unspecified atom stereocenters. The molecule has 1 N–H and O–H groups in total. The minimum Gasteiger partial charge on any atom is -0.492 e. The normalized spacial score (nSPS) is 13.4. The van der Waals surface area contributed by atoms with Gasteiger partial charge in [-0.1, -0.05) is 11.6 Å². The van der Waals surface area contributed by atoms with Crippen molar-refractivity contribution >= 4 is 11.6 Å². The van der Waals surface area contributed by atoms with Gasteiger partial charge in [-0.05, 0) is 51.6 Å². The van der Waals surface area contributed by atoms with Crippen molar-refractivity contribution in [1.29, 1.82) is 0 Å². The number of aryl methyl sites for hydroxylation is 1. The summed E-state index contributed by atoms with van der Waals surface area (Å²) >= 11 is 5.98. The third-order valence-corrected chi connectivity index (χ3v) is 3.68. The first-order chi connectivity index (χ1) is 8.40. The van der Waals surface area contributed by atoms with Crippen LogP contribution in [0.15, 0.2) is 18.2 Å². The van der Waals surface area contributed by atoms with Crippen LogP contribution in [0, 0.1) is 6.92 Å². The van der Waals surface area contributed by atoms with Crippen LogP contribution >= 0.6 is 11.6 Å². The van der Waals surface area contributed by atoms with E-state index in [0.717, 1.165) is 16.3 Å². The lowest BCUT2D eigenvalue weighted by Crippen LogP contribution is -2.50. The molecule has 4 heteroatoms. The second kappa shape index (κ2) is 6.41. The van der Waals surface area contributed by atoms with Crippen LogP contribution in [0.2, 0.25) is 5.02 Å². The zero-order valence-corrected chi connectivity index (χ0v) is 12.5. The highest BCUT2D eigenvalue weighted by molar-refractivity contribution is 6.31. The van der Waals surface area contributed by atoms with Crippen molar-refractivity contribution in [1.82, 2.24) is 5.32 Å². The molecule has 0 amide bonds. The van der Waals surface area contributed by atoms with Crippen LogP contribution in [0.1, 0.15) is 19.4 Å². The number of hydrogen-bond donors (Lipinski definition) is 1. The number of ether oxygens (including phenoxy) is 2. The second-order valence-electron chi connectivity index (χ2n) is 4.87. The van der Waals surface area contributed by atoms with E-state index in [9.17, 15) is 0 Å². The van der Waals surface area contributed by atoms with E-state index in [4.69, 9.17) is 21.1 Å². The third-order valence-electron chi connectivity index (χ3n) is 3.26. The maximum absolute atomic E-state index is 5.98. The second-order valence-corrected chi connectivity index (χ2v) is 5.28. The van der Waals surface area contributed by atoms with Crippen LogP contribution in [-0.2, 0) is 4.74 Å². The van der Waals surface area contributed by atoms with Crippen LogP contribution < -0.4 is 10.1 Å². The van der Waals surface area contributed by atoms with Gasteiger partial charge >= 0.3 is 0 Å². The first-order valence-corrected chi connectivity index (χ1v) is 6.40. The molecule has 102 valence electrons. The molecule has 18 heavy (non-hydrogen) atoms. The topological polar surface area (TPSA) is 30.5 Å². The highest BCUT2D eigenvalue weighted by Gasteiger charge is 2.28. The van der Waals surface area contributed by atoms with E-state index < -0.39 is 0 Å². The molecule has 0 spiro atoms. The Morgan fingerprint density at radius 3 is 2.56 bits per heavy atom. The smallest absolute Gasteiger partial charge is 0.119 e. The van der Waals surface area contributed by atoms with Gasteiger partial charge in [-0.2, -0.15) is 0 Å². The molecule has 0 aliphatic heterocycles. The minimum absolute atomic E-state index is 0.110. The molecule has 0 radical (unpaired) electrons. The van der Waals surface area contributed by atoms with Crippen molar-refractivity contribution in [2.45, 2.75) is 32.4 Å². The van der Waals surface area contributed by atoms with Gasteiger partial charge < -0.3 is 14.8 Å². The Kier molecular flexibility index (Phi) is 5.45. The van der Waals surface area contributed by atoms with E-state index in [2.05, 4.69) is 5.32 Å². The Hall–Kier alpha value is -0.770. The Morgan fingerprint density at radius 1 is 1.39 bits per heavy atom. The highest BCUT2D eigenvalue weighted by Crippen LogP contribution is 2.22. The standard InChI is InChI=1S/C14H22ClNO2/c1-10-8-11(6-7-12(10)15)18-9-13(16-4)14(2,3)17-5/h6-8,13,16H,9H2,1-5H3. The van der Waals surface area contributed by atoms with Crippen LogP contribution in [0.3, 0.4) is 0 Å². The predicted octanol–water partition coefficient (Wildman–Crippen LogP) is 3.04. The fourth-order valence-electron chi connectivity index (χ4n) is 1.66. The number of hydrogen-bond acceptors (Lipinski definition) is 3. The van der Waals surface area contributed by atoms with Crippen molar-refractivity contribution in [3.05, 3.63) is 28.8 Å². The fourth-order valence-corrected chi connectivity index (χ4v) is 1.78. The van der Waals surface area contributed by atoms with Crippen molar-refractivity contribution in [2.75, 3.05) is 20.8 Å². The van der Waals surface area contributed by atoms with Gasteiger partial charge in [0.15, 0.2) is 0 Å². The Bertz CT molecular complexity index is 393. The molecule has 1 atom stereocenters. The summed E-state index contributed by atoms with van der Waals surface area (Å²) in [6, 6.07) is 5.78. The zero-order valence-electron chi connectivity index (χ0n) is 11.7. The molecule has 1 aromatic rings. The third kappa shape index (κ3) is 3.87. The molecule has 0 saturated carbocycles. The van der Waals surface area contributed by atoms with Crippen molar-refractivity contribution in [2.24, 2.45) is 0 Å². The molecule has 0 fully saturated rings. The van der Waals surface area contributed by atoms with Crippen LogP contribution in [0.4, 0.5) is 0 Å². The molecule has 0 saturated heterocycles. The average molecular weight is 272 g/mol. The van der Waals surface area contributed by atoms with Gasteiger partial charge in [0, 0.05) is 12.1 Å². The summed E-state index contributed by atoms with van der Waals surface area (Å²) in [5.74, 6) is 0.823. The Labute approximate surface area is 114 Å². The summed E-state index contributed by atoms with van der Waals surface area (Å²) in [4.78, 5) is 0. The molecule has 0 aliphatic rings. The predicted molar refractivity (Wildman–Crippen MR) is 75.6 cm³/mol. The van der Waals surface area contributed by atoms with Crippen LogP contribution in [0.25, 0.3) is 0 Å².